The Morgan fingerprint density at radius 3 is 1.85 bits per heavy atom. The monoisotopic (exact) mass is 475 g/mol. The molecule has 0 atom stereocenters. The first-order valence-corrected chi connectivity index (χ1v) is 9.12. The highest BCUT2D eigenvalue weighted by Crippen LogP contribution is 2.40. The van der Waals surface area contributed by atoms with Gasteiger partial charge in [0.1, 0.15) is 11.5 Å². The van der Waals surface area contributed by atoms with Crippen molar-refractivity contribution in [3.63, 3.8) is 0 Å². The molecule has 1 aromatic carbocycles. The molecule has 0 aliphatic heterocycles. The highest BCUT2D eigenvalue weighted by atomic mass is 35.6. The summed E-state index contributed by atoms with van der Waals surface area (Å²) in [6.45, 7) is 0. The minimum atomic E-state index is -1.91. The Hall–Kier alpha value is -0.690. The van der Waals surface area contributed by atoms with Gasteiger partial charge in [0.25, 0.3) is 0 Å². The van der Waals surface area contributed by atoms with E-state index in [1.165, 1.54) is 7.11 Å². The van der Waals surface area contributed by atoms with Crippen LogP contribution in [0.3, 0.4) is 0 Å². The molecule has 0 unspecified atom stereocenters. The Balaban J connectivity index is 2.47. The lowest BCUT2D eigenvalue weighted by Crippen LogP contribution is -2.16. The Morgan fingerprint density at radius 1 is 0.808 bits per heavy atom. The second-order valence-electron chi connectivity index (χ2n) is 4.78. The number of alkyl halides is 6. The highest BCUT2D eigenvalue weighted by molar-refractivity contribution is 6.67. The Labute approximate surface area is 180 Å². The fourth-order valence-electron chi connectivity index (χ4n) is 1.84. The number of hydrogen-bond acceptors (Lipinski definition) is 5. The van der Waals surface area contributed by atoms with Gasteiger partial charge in [0, 0.05) is 11.6 Å². The lowest BCUT2D eigenvalue weighted by atomic mass is 10.1. The minimum Gasteiger partial charge on any atom is -0.497 e. The van der Waals surface area contributed by atoms with Gasteiger partial charge in [-0.05, 0) is 24.3 Å². The molecule has 26 heavy (non-hydrogen) atoms. The van der Waals surface area contributed by atoms with Crippen LogP contribution in [0.1, 0.15) is 23.0 Å². The first kappa shape index (κ1) is 21.6. The van der Waals surface area contributed by atoms with Crippen molar-refractivity contribution >= 4 is 81.8 Å². The van der Waals surface area contributed by atoms with Gasteiger partial charge in [-0.25, -0.2) is 15.0 Å². The van der Waals surface area contributed by atoms with Crippen molar-refractivity contribution in [2.45, 2.75) is 7.59 Å². The molecule has 0 spiro atoms. The van der Waals surface area contributed by atoms with Crippen LogP contribution in [0.4, 0.5) is 0 Å². The van der Waals surface area contributed by atoms with Crippen LogP contribution < -0.4 is 9.47 Å². The summed E-state index contributed by atoms with van der Waals surface area (Å²) >= 11 is 35.0. The molecule has 1 aromatic heterocycles. The molecule has 0 aliphatic carbocycles. The maximum Gasteiger partial charge on any atom is 0.250 e. The molecule has 2 aromatic rings. The quantitative estimate of drug-likeness (QED) is 0.528. The van der Waals surface area contributed by atoms with Crippen molar-refractivity contribution in [2.24, 2.45) is 0 Å². The number of aromatic nitrogens is 3. The summed E-state index contributed by atoms with van der Waals surface area (Å²) in [5.74, 6) is 1.04. The molecule has 11 heteroatoms. The van der Waals surface area contributed by atoms with Crippen molar-refractivity contribution in [1.29, 1.82) is 0 Å². The normalized spacial score (nSPS) is 12.5. The van der Waals surface area contributed by atoms with Gasteiger partial charge in [-0.15, -0.1) is 0 Å². The van der Waals surface area contributed by atoms with Crippen LogP contribution in [0.2, 0.25) is 0 Å². The largest absolute Gasteiger partial charge is 0.497 e. The van der Waals surface area contributed by atoms with E-state index in [-0.39, 0.29) is 17.5 Å². The zero-order valence-electron chi connectivity index (χ0n) is 13.3. The number of rotatable bonds is 4. The summed E-state index contributed by atoms with van der Waals surface area (Å²) < 4.78 is 6.66. The number of benzene rings is 1. The van der Waals surface area contributed by atoms with Crippen LogP contribution >= 0.6 is 69.6 Å². The van der Waals surface area contributed by atoms with Crippen LogP contribution in [0.5, 0.6) is 11.5 Å². The lowest BCUT2D eigenvalue weighted by Gasteiger charge is -2.14. The molecule has 0 saturated heterocycles. The molecule has 0 aliphatic rings. The van der Waals surface area contributed by atoms with Crippen LogP contribution in [0.25, 0.3) is 12.2 Å². The number of hydrogen-bond donors (Lipinski definition) is 0. The highest BCUT2D eigenvalue weighted by Gasteiger charge is 2.33. The van der Waals surface area contributed by atoms with Crippen molar-refractivity contribution in [2.75, 3.05) is 14.2 Å². The maximum atomic E-state index is 5.84. The smallest absolute Gasteiger partial charge is 0.250 e. The summed E-state index contributed by atoms with van der Waals surface area (Å²) in [7, 11) is 3.10. The number of nitrogens with zero attached hydrogens (tertiary/aromatic N) is 3. The summed E-state index contributed by atoms with van der Waals surface area (Å²) in [5, 5.41) is 0. The van der Waals surface area contributed by atoms with Gasteiger partial charge in [0.15, 0.2) is 17.5 Å². The predicted molar refractivity (Wildman–Crippen MR) is 107 cm³/mol. The molecule has 1 heterocycles. The summed E-state index contributed by atoms with van der Waals surface area (Å²) in [6.07, 6.45) is 3.24. The molecule has 0 saturated carbocycles. The van der Waals surface area contributed by atoms with E-state index in [2.05, 4.69) is 15.0 Å². The minimum absolute atomic E-state index is 0.139. The van der Waals surface area contributed by atoms with E-state index in [0.717, 1.165) is 5.56 Å². The second kappa shape index (κ2) is 8.55. The number of methoxy groups -OCH3 is 2. The fourth-order valence-corrected chi connectivity index (χ4v) is 2.35. The third kappa shape index (κ3) is 5.65. The lowest BCUT2D eigenvalue weighted by molar-refractivity contribution is 0.394. The van der Waals surface area contributed by atoms with Crippen molar-refractivity contribution < 1.29 is 9.47 Å². The second-order valence-corrected chi connectivity index (χ2v) is 9.34. The maximum absolute atomic E-state index is 5.84. The fraction of sp³-hybridized carbons (Fsp3) is 0.267. The van der Waals surface area contributed by atoms with Gasteiger partial charge in [-0.3, -0.25) is 0 Å². The van der Waals surface area contributed by atoms with Crippen molar-refractivity contribution in [3.8, 4) is 11.5 Å². The molecule has 0 bridgehead atoms. The van der Waals surface area contributed by atoms with Crippen LogP contribution in [0, 0.1) is 0 Å². The molecule has 0 radical (unpaired) electrons. The van der Waals surface area contributed by atoms with E-state index in [1.807, 2.05) is 0 Å². The zero-order chi connectivity index (χ0) is 19.5. The zero-order valence-corrected chi connectivity index (χ0v) is 17.8. The first-order valence-electron chi connectivity index (χ1n) is 6.85. The SMILES string of the molecule is COc1ccc(C=Cc2nc(C(Cl)(Cl)Cl)nc(C(Cl)(Cl)Cl)n2)c(OC)c1. The summed E-state index contributed by atoms with van der Waals surface area (Å²) in [6, 6.07) is 5.29. The molecule has 2 rings (SSSR count). The van der Waals surface area contributed by atoms with Gasteiger partial charge >= 0.3 is 0 Å². The molecular formula is C15H11Cl6N3O2. The summed E-state index contributed by atoms with van der Waals surface area (Å²) in [4.78, 5) is 12.1. The van der Waals surface area contributed by atoms with E-state index < -0.39 is 7.59 Å². The van der Waals surface area contributed by atoms with Gasteiger partial charge in [0.2, 0.25) is 7.59 Å². The van der Waals surface area contributed by atoms with E-state index in [4.69, 9.17) is 79.1 Å². The van der Waals surface area contributed by atoms with Crippen LogP contribution in [0.15, 0.2) is 18.2 Å². The van der Waals surface area contributed by atoms with Gasteiger partial charge in [-0.2, -0.15) is 0 Å². The molecule has 0 N–H and O–H groups in total. The van der Waals surface area contributed by atoms with Gasteiger partial charge < -0.3 is 9.47 Å². The Morgan fingerprint density at radius 2 is 1.38 bits per heavy atom. The third-order valence-electron chi connectivity index (χ3n) is 3.01. The van der Waals surface area contributed by atoms with Crippen molar-refractivity contribution in [3.05, 3.63) is 41.2 Å². The molecule has 140 valence electrons. The molecular weight excluding hydrogens is 467 g/mol. The number of halogens is 6. The summed E-state index contributed by atoms with van der Waals surface area (Å²) in [5.41, 5.74) is 0.736. The average molecular weight is 478 g/mol. The van der Waals surface area contributed by atoms with E-state index in [1.54, 1.807) is 37.5 Å². The van der Waals surface area contributed by atoms with Gasteiger partial charge in [0.05, 0.1) is 14.2 Å². The topological polar surface area (TPSA) is 57.1 Å². The van der Waals surface area contributed by atoms with Gasteiger partial charge in [-0.1, -0.05) is 69.6 Å². The molecule has 0 fully saturated rings. The van der Waals surface area contributed by atoms with E-state index in [9.17, 15) is 0 Å². The molecule has 0 amide bonds. The predicted octanol–water partition coefficient (Wildman–Crippen LogP) is 5.71. The van der Waals surface area contributed by atoms with Crippen molar-refractivity contribution in [1.82, 2.24) is 15.0 Å². The molecule has 5 nitrogen and oxygen atoms in total. The van der Waals surface area contributed by atoms with Crippen LogP contribution in [-0.2, 0) is 7.59 Å². The number of ether oxygens (including phenoxy) is 2. The Kier molecular flexibility index (Phi) is 7.10. The van der Waals surface area contributed by atoms with E-state index >= 15 is 0 Å². The third-order valence-corrected chi connectivity index (χ3v) is 4.03. The van der Waals surface area contributed by atoms with E-state index in [0.29, 0.717) is 11.5 Å². The average Bonchev–Trinajstić information content (AvgIpc) is 2.58. The van der Waals surface area contributed by atoms with Crippen LogP contribution in [-0.4, -0.2) is 29.2 Å². The standard InChI is InChI=1S/C15H11Cl6N3O2/c1-25-9-5-3-8(10(7-9)26-2)4-6-11-22-12(14(16,17)18)24-13(23-11)15(19,20)21/h3-7H,1-2H3. The first-order chi connectivity index (χ1) is 12.0. The Bertz CT molecular complexity index is 786.